The summed E-state index contributed by atoms with van der Waals surface area (Å²) in [5.74, 6) is -0.206. The molecule has 4 heteroatoms. The van der Waals surface area contributed by atoms with E-state index >= 15 is 0 Å². The largest absolute Gasteiger partial charge is 0.372 e. The van der Waals surface area contributed by atoms with Crippen LogP contribution in [0.3, 0.4) is 0 Å². The molecule has 24 heavy (non-hydrogen) atoms. The van der Waals surface area contributed by atoms with E-state index in [4.69, 9.17) is 0 Å². The molecule has 0 saturated heterocycles. The Morgan fingerprint density at radius 3 is 2.38 bits per heavy atom. The van der Waals surface area contributed by atoms with Crippen molar-refractivity contribution in [2.45, 2.75) is 27.7 Å². The predicted octanol–water partition coefficient (Wildman–Crippen LogP) is 3.91. The molecule has 4 nitrogen and oxygen atoms in total. The van der Waals surface area contributed by atoms with Gasteiger partial charge in [0.25, 0.3) is 5.91 Å². The molecule has 0 aliphatic rings. The lowest BCUT2D eigenvalue weighted by atomic mass is 10.1. The number of aryl methyl sites for hydroxylation is 2. The van der Waals surface area contributed by atoms with E-state index < -0.39 is 0 Å². The number of hydrazone groups is 1. The van der Waals surface area contributed by atoms with Crippen molar-refractivity contribution in [3.8, 4) is 0 Å². The van der Waals surface area contributed by atoms with Gasteiger partial charge in [-0.05, 0) is 63.1 Å². The van der Waals surface area contributed by atoms with E-state index in [1.165, 1.54) is 5.56 Å². The molecule has 0 radical (unpaired) electrons. The van der Waals surface area contributed by atoms with Gasteiger partial charge < -0.3 is 4.90 Å². The molecule has 0 spiro atoms. The minimum atomic E-state index is -0.206. The molecule has 0 aliphatic heterocycles. The molecule has 2 aromatic rings. The highest BCUT2D eigenvalue weighted by molar-refractivity contribution is 5.95. The van der Waals surface area contributed by atoms with Crippen molar-refractivity contribution in [2.75, 3.05) is 18.0 Å². The van der Waals surface area contributed by atoms with Crippen LogP contribution in [-0.2, 0) is 0 Å². The number of amides is 1. The van der Waals surface area contributed by atoms with Crippen LogP contribution in [0.25, 0.3) is 0 Å². The maximum atomic E-state index is 12.2. The fraction of sp³-hybridized carbons (Fsp3) is 0.300. The van der Waals surface area contributed by atoms with Crippen LogP contribution in [0.1, 0.15) is 40.9 Å². The number of anilines is 1. The van der Waals surface area contributed by atoms with Crippen molar-refractivity contribution in [1.29, 1.82) is 0 Å². The van der Waals surface area contributed by atoms with Gasteiger partial charge in [0.2, 0.25) is 0 Å². The first-order chi connectivity index (χ1) is 11.5. The molecule has 0 heterocycles. The molecule has 0 aliphatic carbocycles. The molecule has 0 atom stereocenters. The Morgan fingerprint density at radius 2 is 1.75 bits per heavy atom. The van der Waals surface area contributed by atoms with Crippen molar-refractivity contribution in [3.63, 3.8) is 0 Å². The highest BCUT2D eigenvalue weighted by atomic mass is 16.2. The molecule has 0 bridgehead atoms. The van der Waals surface area contributed by atoms with Gasteiger partial charge in [0, 0.05) is 24.3 Å². The van der Waals surface area contributed by atoms with Crippen LogP contribution in [0, 0.1) is 13.8 Å². The number of nitrogens with one attached hydrogen (secondary N) is 1. The average Bonchev–Trinajstić information content (AvgIpc) is 2.59. The van der Waals surface area contributed by atoms with Crippen LogP contribution in [0.5, 0.6) is 0 Å². The minimum Gasteiger partial charge on any atom is -0.372 e. The van der Waals surface area contributed by atoms with Gasteiger partial charge in [-0.25, -0.2) is 5.43 Å². The van der Waals surface area contributed by atoms with E-state index in [-0.39, 0.29) is 5.91 Å². The van der Waals surface area contributed by atoms with Gasteiger partial charge in [0.15, 0.2) is 0 Å². The van der Waals surface area contributed by atoms with Gasteiger partial charge in [-0.15, -0.1) is 0 Å². The fourth-order valence-corrected chi connectivity index (χ4v) is 2.54. The van der Waals surface area contributed by atoms with Crippen molar-refractivity contribution in [2.24, 2.45) is 5.10 Å². The molecule has 0 saturated carbocycles. The number of hydrogen-bond donors (Lipinski definition) is 1. The zero-order valence-electron chi connectivity index (χ0n) is 14.8. The smallest absolute Gasteiger partial charge is 0.271 e. The van der Waals surface area contributed by atoms with Crippen molar-refractivity contribution in [3.05, 3.63) is 64.7 Å². The number of hydrogen-bond acceptors (Lipinski definition) is 3. The SMILES string of the molecule is CCN(CC)c1ccc(C(=O)N/N=C\c2cc(C)ccc2C)cc1. The first-order valence-corrected chi connectivity index (χ1v) is 8.30. The highest BCUT2D eigenvalue weighted by Gasteiger charge is 2.06. The van der Waals surface area contributed by atoms with Crippen LogP contribution >= 0.6 is 0 Å². The lowest BCUT2D eigenvalue weighted by Gasteiger charge is -2.20. The van der Waals surface area contributed by atoms with E-state index in [9.17, 15) is 4.79 Å². The summed E-state index contributed by atoms with van der Waals surface area (Å²) in [5, 5.41) is 4.07. The molecule has 0 aromatic heterocycles. The van der Waals surface area contributed by atoms with Crippen molar-refractivity contribution in [1.82, 2.24) is 5.43 Å². The lowest BCUT2D eigenvalue weighted by Crippen LogP contribution is -2.22. The second-order valence-corrected chi connectivity index (χ2v) is 5.78. The number of carbonyl (C=O) groups excluding carboxylic acids is 1. The Balaban J connectivity index is 2.02. The van der Waals surface area contributed by atoms with Crippen LogP contribution in [-0.4, -0.2) is 25.2 Å². The summed E-state index contributed by atoms with van der Waals surface area (Å²) in [6.45, 7) is 10.2. The van der Waals surface area contributed by atoms with Gasteiger partial charge in [-0.1, -0.05) is 23.8 Å². The summed E-state index contributed by atoms with van der Waals surface area (Å²) in [7, 11) is 0. The third-order valence-electron chi connectivity index (χ3n) is 4.06. The van der Waals surface area contributed by atoms with Crippen molar-refractivity contribution < 1.29 is 4.79 Å². The summed E-state index contributed by atoms with van der Waals surface area (Å²) in [5.41, 5.74) is 7.61. The normalized spacial score (nSPS) is 10.8. The molecule has 2 rings (SSSR count). The number of rotatable bonds is 6. The molecule has 1 amide bonds. The molecule has 0 fully saturated rings. The maximum absolute atomic E-state index is 12.2. The van der Waals surface area contributed by atoms with E-state index in [0.717, 1.165) is 29.9 Å². The molecule has 126 valence electrons. The summed E-state index contributed by atoms with van der Waals surface area (Å²) >= 11 is 0. The summed E-state index contributed by atoms with van der Waals surface area (Å²) in [6.07, 6.45) is 1.69. The van der Waals surface area contributed by atoms with E-state index in [1.54, 1.807) is 6.21 Å². The second-order valence-electron chi connectivity index (χ2n) is 5.78. The average molecular weight is 323 g/mol. The van der Waals surface area contributed by atoms with E-state index in [2.05, 4.69) is 35.3 Å². The monoisotopic (exact) mass is 323 g/mol. The standard InChI is InChI=1S/C20H25N3O/c1-5-23(6-2)19-11-9-17(10-12-19)20(24)22-21-14-18-13-15(3)7-8-16(18)4/h7-14H,5-6H2,1-4H3,(H,22,24)/b21-14-. The van der Waals surface area contributed by atoms with Crippen LogP contribution in [0.15, 0.2) is 47.6 Å². The second kappa shape index (κ2) is 8.29. The van der Waals surface area contributed by atoms with Crippen molar-refractivity contribution >= 4 is 17.8 Å². The summed E-state index contributed by atoms with van der Waals surface area (Å²) in [4.78, 5) is 14.4. The van der Waals surface area contributed by atoms with Crippen LogP contribution in [0.4, 0.5) is 5.69 Å². The van der Waals surface area contributed by atoms with Gasteiger partial charge in [-0.3, -0.25) is 4.79 Å². The Bertz CT molecular complexity index is 716. The zero-order valence-corrected chi connectivity index (χ0v) is 14.8. The zero-order chi connectivity index (χ0) is 17.5. The Morgan fingerprint density at radius 1 is 1.08 bits per heavy atom. The fourth-order valence-electron chi connectivity index (χ4n) is 2.54. The van der Waals surface area contributed by atoms with Gasteiger partial charge in [0.05, 0.1) is 6.21 Å². The number of benzene rings is 2. The Hall–Kier alpha value is -2.62. The Labute approximate surface area is 144 Å². The molecule has 0 unspecified atom stereocenters. The van der Waals surface area contributed by atoms with Gasteiger partial charge in [-0.2, -0.15) is 5.10 Å². The van der Waals surface area contributed by atoms with Gasteiger partial charge in [0.1, 0.15) is 0 Å². The molecule has 1 N–H and O–H groups in total. The quantitative estimate of drug-likeness (QED) is 0.647. The molecule has 2 aromatic carbocycles. The summed E-state index contributed by atoms with van der Waals surface area (Å²) < 4.78 is 0. The van der Waals surface area contributed by atoms with Crippen LogP contribution in [0.2, 0.25) is 0 Å². The van der Waals surface area contributed by atoms with E-state index in [0.29, 0.717) is 5.56 Å². The maximum Gasteiger partial charge on any atom is 0.271 e. The topological polar surface area (TPSA) is 44.7 Å². The third-order valence-corrected chi connectivity index (χ3v) is 4.06. The van der Waals surface area contributed by atoms with Crippen LogP contribution < -0.4 is 10.3 Å². The summed E-state index contributed by atoms with van der Waals surface area (Å²) in [6, 6.07) is 13.7. The van der Waals surface area contributed by atoms with Gasteiger partial charge >= 0.3 is 0 Å². The minimum absolute atomic E-state index is 0.206. The first-order valence-electron chi connectivity index (χ1n) is 8.30. The number of nitrogens with zero attached hydrogens (tertiary/aromatic N) is 2. The third kappa shape index (κ3) is 4.44. The molecular formula is C20H25N3O. The Kier molecular flexibility index (Phi) is 6.13. The highest BCUT2D eigenvalue weighted by Crippen LogP contribution is 2.15. The first kappa shape index (κ1) is 17.7. The molecular weight excluding hydrogens is 298 g/mol. The number of carbonyl (C=O) groups is 1. The van der Waals surface area contributed by atoms with E-state index in [1.807, 2.05) is 50.2 Å². The lowest BCUT2D eigenvalue weighted by molar-refractivity contribution is 0.0955. The predicted molar refractivity (Wildman–Crippen MR) is 101 cm³/mol.